The van der Waals surface area contributed by atoms with E-state index >= 15 is 0 Å². The predicted octanol–water partition coefficient (Wildman–Crippen LogP) is 4.19. The molecule has 20 heavy (non-hydrogen) atoms. The third-order valence-electron chi connectivity index (χ3n) is 4.21. The molecule has 0 saturated heterocycles. The Balaban J connectivity index is 1.71. The van der Waals surface area contributed by atoms with Gasteiger partial charge in [0, 0.05) is 23.4 Å². The summed E-state index contributed by atoms with van der Waals surface area (Å²) in [5, 5.41) is 2.76. The lowest BCUT2D eigenvalue weighted by atomic mass is 10.0. The van der Waals surface area contributed by atoms with Gasteiger partial charge in [-0.15, -0.1) is 11.3 Å². The van der Waals surface area contributed by atoms with Gasteiger partial charge in [-0.3, -0.25) is 0 Å². The SMILES string of the molecule is CC1c2ccsc2CCN1c1cc(Cl)nc(C2CC2)n1. The minimum Gasteiger partial charge on any atom is -0.349 e. The van der Waals surface area contributed by atoms with E-state index in [2.05, 4.69) is 28.3 Å². The van der Waals surface area contributed by atoms with Gasteiger partial charge in [0.2, 0.25) is 0 Å². The van der Waals surface area contributed by atoms with Gasteiger partial charge >= 0.3 is 0 Å². The van der Waals surface area contributed by atoms with E-state index in [1.54, 1.807) is 0 Å². The molecular formula is C15H16ClN3S. The molecule has 2 aromatic rings. The lowest BCUT2D eigenvalue weighted by Crippen LogP contribution is -2.34. The third-order valence-corrected chi connectivity index (χ3v) is 5.40. The third kappa shape index (κ3) is 2.11. The molecule has 0 N–H and O–H groups in total. The van der Waals surface area contributed by atoms with Crippen LogP contribution in [0.4, 0.5) is 5.82 Å². The van der Waals surface area contributed by atoms with Crippen molar-refractivity contribution in [1.29, 1.82) is 0 Å². The maximum absolute atomic E-state index is 6.19. The smallest absolute Gasteiger partial charge is 0.135 e. The lowest BCUT2D eigenvalue weighted by Gasteiger charge is -2.34. The van der Waals surface area contributed by atoms with Crippen molar-refractivity contribution in [2.24, 2.45) is 0 Å². The fourth-order valence-corrected chi connectivity index (χ4v) is 4.06. The van der Waals surface area contributed by atoms with Crippen molar-refractivity contribution in [2.75, 3.05) is 11.4 Å². The minimum atomic E-state index is 0.364. The van der Waals surface area contributed by atoms with Gasteiger partial charge in [-0.1, -0.05) is 11.6 Å². The molecule has 1 atom stereocenters. The summed E-state index contributed by atoms with van der Waals surface area (Å²) < 4.78 is 0. The molecule has 2 aromatic heterocycles. The van der Waals surface area contributed by atoms with Gasteiger partial charge in [-0.2, -0.15) is 0 Å². The number of nitrogens with zero attached hydrogens (tertiary/aromatic N) is 3. The molecule has 104 valence electrons. The number of hydrogen-bond acceptors (Lipinski definition) is 4. The zero-order chi connectivity index (χ0) is 13.7. The first-order valence-electron chi connectivity index (χ1n) is 7.10. The fourth-order valence-electron chi connectivity index (χ4n) is 2.92. The molecule has 0 aromatic carbocycles. The summed E-state index contributed by atoms with van der Waals surface area (Å²) >= 11 is 8.05. The molecule has 1 unspecified atom stereocenters. The van der Waals surface area contributed by atoms with Crippen molar-refractivity contribution in [3.63, 3.8) is 0 Å². The average Bonchev–Trinajstić information content (AvgIpc) is 3.17. The first-order chi connectivity index (χ1) is 9.72. The molecule has 2 aliphatic rings. The second-order valence-corrected chi connectivity index (χ2v) is 6.99. The van der Waals surface area contributed by atoms with Crippen LogP contribution in [0, 0.1) is 0 Å². The summed E-state index contributed by atoms with van der Waals surface area (Å²) in [6, 6.07) is 4.51. The zero-order valence-corrected chi connectivity index (χ0v) is 12.9. The summed E-state index contributed by atoms with van der Waals surface area (Å²) in [6.45, 7) is 3.25. The number of halogens is 1. The summed E-state index contributed by atoms with van der Waals surface area (Å²) in [5.74, 6) is 2.44. The van der Waals surface area contributed by atoms with Gasteiger partial charge in [0.15, 0.2) is 0 Å². The Morgan fingerprint density at radius 1 is 1.35 bits per heavy atom. The molecule has 0 radical (unpaired) electrons. The second kappa shape index (κ2) is 4.71. The summed E-state index contributed by atoms with van der Waals surface area (Å²) in [4.78, 5) is 13.0. The van der Waals surface area contributed by atoms with E-state index in [9.17, 15) is 0 Å². The molecule has 0 bridgehead atoms. The van der Waals surface area contributed by atoms with Crippen LogP contribution in [-0.4, -0.2) is 16.5 Å². The van der Waals surface area contributed by atoms with Gasteiger partial charge in [-0.25, -0.2) is 9.97 Å². The fraction of sp³-hybridized carbons (Fsp3) is 0.467. The molecule has 3 nitrogen and oxygen atoms in total. The Hall–Kier alpha value is -1.13. The van der Waals surface area contributed by atoms with Gasteiger partial charge < -0.3 is 4.90 Å². The molecule has 1 fully saturated rings. The van der Waals surface area contributed by atoms with Crippen LogP contribution >= 0.6 is 22.9 Å². The van der Waals surface area contributed by atoms with Crippen LogP contribution in [0.15, 0.2) is 17.5 Å². The standard InChI is InChI=1S/C15H16ClN3S/c1-9-11-5-7-20-12(11)4-6-19(9)14-8-13(16)17-15(18-14)10-2-3-10/h5,7-10H,2-4,6H2,1H3. The van der Waals surface area contributed by atoms with Crippen LogP contribution < -0.4 is 4.90 Å². The molecule has 3 heterocycles. The highest BCUT2D eigenvalue weighted by Crippen LogP contribution is 2.40. The number of anilines is 1. The maximum atomic E-state index is 6.19. The second-order valence-electron chi connectivity index (χ2n) is 5.60. The molecule has 4 rings (SSSR count). The first-order valence-corrected chi connectivity index (χ1v) is 8.35. The quantitative estimate of drug-likeness (QED) is 0.779. The van der Waals surface area contributed by atoms with Gasteiger partial charge in [0.05, 0.1) is 6.04 Å². The maximum Gasteiger partial charge on any atom is 0.135 e. The molecule has 1 aliphatic carbocycles. The van der Waals surface area contributed by atoms with E-state index in [4.69, 9.17) is 16.6 Å². The van der Waals surface area contributed by atoms with Gasteiger partial charge in [0.25, 0.3) is 0 Å². The molecule has 0 amide bonds. The Labute approximate surface area is 127 Å². The highest BCUT2D eigenvalue weighted by molar-refractivity contribution is 7.10. The number of rotatable bonds is 2. The molecule has 1 aliphatic heterocycles. The van der Waals surface area contributed by atoms with Gasteiger partial charge in [0.1, 0.15) is 16.8 Å². The summed E-state index contributed by atoms with van der Waals surface area (Å²) in [6.07, 6.45) is 3.49. The highest BCUT2D eigenvalue weighted by Gasteiger charge is 2.30. The number of fused-ring (bicyclic) bond motifs is 1. The van der Waals surface area contributed by atoms with Crippen LogP contribution in [0.3, 0.4) is 0 Å². The average molecular weight is 306 g/mol. The van der Waals surface area contributed by atoms with Crippen LogP contribution in [-0.2, 0) is 6.42 Å². The van der Waals surface area contributed by atoms with E-state index in [0.29, 0.717) is 17.1 Å². The largest absolute Gasteiger partial charge is 0.349 e. The first kappa shape index (κ1) is 12.6. The van der Waals surface area contributed by atoms with Crippen molar-refractivity contribution >= 4 is 28.8 Å². The van der Waals surface area contributed by atoms with E-state index in [-0.39, 0.29) is 0 Å². The van der Waals surface area contributed by atoms with Crippen LogP contribution in [0.25, 0.3) is 0 Å². The Morgan fingerprint density at radius 2 is 2.20 bits per heavy atom. The molecule has 1 saturated carbocycles. The number of hydrogen-bond donors (Lipinski definition) is 0. The predicted molar refractivity (Wildman–Crippen MR) is 82.8 cm³/mol. The van der Waals surface area contributed by atoms with Crippen molar-refractivity contribution in [3.8, 4) is 0 Å². The van der Waals surface area contributed by atoms with Crippen molar-refractivity contribution in [3.05, 3.63) is 38.9 Å². The Kier molecular flexibility index (Phi) is 2.97. The lowest BCUT2D eigenvalue weighted by molar-refractivity contribution is 0.621. The Morgan fingerprint density at radius 3 is 3.00 bits per heavy atom. The van der Waals surface area contributed by atoms with Gasteiger partial charge in [-0.05, 0) is 43.2 Å². The van der Waals surface area contributed by atoms with E-state index < -0.39 is 0 Å². The molecule has 5 heteroatoms. The minimum absolute atomic E-state index is 0.364. The Bertz CT molecular complexity index is 650. The zero-order valence-electron chi connectivity index (χ0n) is 11.3. The van der Waals surface area contributed by atoms with Crippen molar-refractivity contribution in [1.82, 2.24) is 9.97 Å². The highest BCUT2D eigenvalue weighted by atomic mass is 35.5. The number of thiophene rings is 1. The van der Waals surface area contributed by atoms with Crippen LogP contribution in [0.2, 0.25) is 5.15 Å². The monoisotopic (exact) mass is 305 g/mol. The normalized spacial score (nSPS) is 21.9. The van der Waals surface area contributed by atoms with Crippen molar-refractivity contribution < 1.29 is 0 Å². The van der Waals surface area contributed by atoms with Crippen LogP contribution in [0.5, 0.6) is 0 Å². The van der Waals surface area contributed by atoms with E-state index in [0.717, 1.165) is 24.6 Å². The summed E-state index contributed by atoms with van der Waals surface area (Å²) in [5.41, 5.74) is 1.43. The summed E-state index contributed by atoms with van der Waals surface area (Å²) in [7, 11) is 0. The van der Waals surface area contributed by atoms with E-state index in [1.165, 1.54) is 23.3 Å². The van der Waals surface area contributed by atoms with Crippen molar-refractivity contribution in [2.45, 2.75) is 38.1 Å². The topological polar surface area (TPSA) is 29.0 Å². The molecule has 0 spiro atoms. The number of aromatic nitrogens is 2. The molecular weight excluding hydrogens is 290 g/mol. The van der Waals surface area contributed by atoms with Crippen LogP contribution in [0.1, 0.15) is 48.0 Å². The van der Waals surface area contributed by atoms with E-state index in [1.807, 2.05) is 17.4 Å².